The van der Waals surface area contributed by atoms with Gasteiger partial charge in [0, 0.05) is 19.1 Å². The zero-order valence-corrected chi connectivity index (χ0v) is 8.32. The lowest BCUT2D eigenvalue weighted by Gasteiger charge is -2.32. The average molecular weight is 186 g/mol. The van der Waals surface area contributed by atoms with E-state index in [2.05, 4.69) is 4.74 Å². The van der Waals surface area contributed by atoms with E-state index in [9.17, 15) is 4.79 Å². The van der Waals surface area contributed by atoms with Crippen LogP contribution in [0.4, 0.5) is 4.79 Å². The van der Waals surface area contributed by atoms with E-state index in [0.29, 0.717) is 12.1 Å². The first-order chi connectivity index (χ1) is 6.15. The molecule has 0 radical (unpaired) electrons. The predicted octanol–water partition coefficient (Wildman–Crippen LogP) is 0.955. The molecule has 0 heterocycles. The van der Waals surface area contributed by atoms with E-state index < -0.39 is 0 Å². The van der Waals surface area contributed by atoms with Gasteiger partial charge in [-0.15, -0.1) is 0 Å². The van der Waals surface area contributed by atoms with Gasteiger partial charge in [0.15, 0.2) is 0 Å². The van der Waals surface area contributed by atoms with Crippen LogP contribution < -0.4 is 5.73 Å². The van der Waals surface area contributed by atoms with E-state index in [1.165, 1.54) is 7.11 Å². The molecule has 1 aliphatic carbocycles. The maximum Gasteiger partial charge on any atom is 0.409 e. The van der Waals surface area contributed by atoms with Crippen LogP contribution in [0.5, 0.6) is 0 Å². The third-order valence-corrected chi connectivity index (χ3v) is 2.75. The molecule has 4 nitrogen and oxygen atoms in total. The number of amides is 1. The van der Waals surface area contributed by atoms with Crippen LogP contribution in [0.25, 0.3) is 0 Å². The smallest absolute Gasteiger partial charge is 0.409 e. The third kappa shape index (κ3) is 2.59. The van der Waals surface area contributed by atoms with Gasteiger partial charge in [-0.3, -0.25) is 0 Å². The number of methoxy groups -OCH3 is 1. The highest BCUT2D eigenvalue weighted by atomic mass is 16.5. The minimum Gasteiger partial charge on any atom is -0.453 e. The molecular formula is C9H18N2O2. The summed E-state index contributed by atoms with van der Waals surface area (Å²) in [5.74, 6) is 0. The second kappa shape index (κ2) is 4.46. The second-order valence-electron chi connectivity index (χ2n) is 3.65. The summed E-state index contributed by atoms with van der Waals surface area (Å²) in [6, 6.07) is 0.634. The summed E-state index contributed by atoms with van der Waals surface area (Å²) in [4.78, 5) is 12.8. The molecule has 1 amide bonds. The zero-order chi connectivity index (χ0) is 9.84. The van der Waals surface area contributed by atoms with Gasteiger partial charge in [0.25, 0.3) is 0 Å². The zero-order valence-electron chi connectivity index (χ0n) is 8.32. The lowest BCUT2D eigenvalue weighted by atomic mass is 9.91. The van der Waals surface area contributed by atoms with Gasteiger partial charge < -0.3 is 15.4 Å². The standard InChI is InChI=1S/C9H18N2O2/c1-11(9(12)13-2)8-5-3-7(10)4-6-8/h7-8H,3-6,10H2,1-2H3. The Bertz CT molecular complexity index is 176. The molecule has 1 saturated carbocycles. The van der Waals surface area contributed by atoms with Crippen LogP contribution in [-0.4, -0.2) is 37.2 Å². The SMILES string of the molecule is COC(=O)N(C)C1CCC(N)CC1. The molecule has 1 fully saturated rings. The highest BCUT2D eigenvalue weighted by Gasteiger charge is 2.25. The Labute approximate surface area is 79.0 Å². The molecule has 0 aromatic carbocycles. The number of hydrogen-bond donors (Lipinski definition) is 1. The molecule has 0 unspecified atom stereocenters. The van der Waals surface area contributed by atoms with Crippen molar-refractivity contribution in [3.05, 3.63) is 0 Å². The fourth-order valence-corrected chi connectivity index (χ4v) is 1.78. The summed E-state index contributed by atoms with van der Waals surface area (Å²) in [5.41, 5.74) is 5.77. The first-order valence-electron chi connectivity index (χ1n) is 4.71. The molecule has 0 saturated heterocycles. The Morgan fingerprint density at radius 2 is 1.92 bits per heavy atom. The van der Waals surface area contributed by atoms with Gasteiger partial charge in [0.05, 0.1) is 7.11 Å². The molecule has 1 rings (SSSR count). The summed E-state index contributed by atoms with van der Waals surface area (Å²) in [7, 11) is 3.20. The van der Waals surface area contributed by atoms with Crippen molar-refractivity contribution in [1.29, 1.82) is 0 Å². The van der Waals surface area contributed by atoms with Gasteiger partial charge in [-0.1, -0.05) is 0 Å². The minimum absolute atomic E-state index is 0.250. The second-order valence-corrected chi connectivity index (χ2v) is 3.65. The minimum atomic E-state index is -0.250. The molecule has 13 heavy (non-hydrogen) atoms. The van der Waals surface area contributed by atoms with E-state index >= 15 is 0 Å². The maximum atomic E-state index is 11.2. The van der Waals surface area contributed by atoms with Gasteiger partial charge in [-0.05, 0) is 25.7 Å². The Morgan fingerprint density at radius 3 is 2.38 bits per heavy atom. The van der Waals surface area contributed by atoms with Gasteiger partial charge in [-0.25, -0.2) is 4.79 Å². The molecule has 0 atom stereocenters. The van der Waals surface area contributed by atoms with Crippen molar-refractivity contribution in [2.24, 2.45) is 5.73 Å². The van der Waals surface area contributed by atoms with Crippen molar-refractivity contribution in [3.63, 3.8) is 0 Å². The van der Waals surface area contributed by atoms with Crippen LogP contribution in [0.2, 0.25) is 0 Å². The van der Waals surface area contributed by atoms with Crippen LogP contribution in [-0.2, 0) is 4.74 Å². The van der Waals surface area contributed by atoms with E-state index in [1.807, 2.05) is 0 Å². The molecule has 2 N–H and O–H groups in total. The predicted molar refractivity (Wildman–Crippen MR) is 50.4 cm³/mol. The number of carbonyl (C=O) groups excluding carboxylic acids is 1. The van der Waals surface area contributed by atoms with E-state index in [4.69, 9.17) is 5.73 Å². The first-order valence-corrected chi connectivity index (χ1v) is 4.71. The van der Waals surface area contributed by atoms with Gasteiger partial charge in [-0.2, -0.15) is 0 Å². The van der Waals surface area contributed by atoms with Crippen LogP contribution in [0.1, 0.15) is 25.7 Å². The summed E-state index contributed by atoms with van der Waals surface area (Å²) in [6.07, 6.45) is 3.75. The van der Waals surface area contributed by atoms with Crippen LogP contribution in [0, 0.1) is 0 Å². The topological polar surface area (TPSA) is 55.6 Å². The Kier molecular flexibility index (Phi) is 3.54. The maximum absolute atomic E-state index is 11.2. The molecule has 1 aliphatic rings. The fourth-order valence-electron chi connectivity index (χ4n) is 1.78. The number of hydrogen-bond acceptors (Lipinski definition) is 3. The fraction of sp³-hybridized carbons (Fsp3) is 0.889. The summed E-state index contributed by atoms with van der Waals surface area (Å²) in [6.45, 7) is 0. The van der Waals surface area contributed by atoms with Crippen LogP contribution >= 0.6 is 0 Å². The highest BCUT2D eigenvalue weighted by molar-refractivity contribution is 5.67. The van der Waals surface area contributed by atoms with Crippen molar-refractivity contribution < 1.29 is 9.53 Å². The van der Waals surface area contributed by atoms with E-state index in [1.54, 1.807) is 11.9 Å². The molecule has 4 heteroatoms. The summed E-state index contributed by atoms with van der Waals surface area (Å²) >= 11 is 0. The highest BCUT2D eigenvalue weighted by Crippen LogP contribution is 2.21. The van der Waals surface area contributed by atoms with E-state index in [0.717, 1.165) is 25.7 Å². The van der Waals surface area contributed by atoms with Crippen molar-refractivity contribution in [1.82, 2.24) is 4.90 Å². The Morgan fingerprint density at radius 1 is 1.38 bits per heavy atom. The normalized spacial score (nSPS) is 28.2. The summed E-state index contributed by atoms with van der Waals surface area (Å²) in [5, 5.41) is 0. The van der Waals surface area contributed by atoms with Crippen molar-refractivity contribution in [3.8, 4) is 0 Å². The molecule has 0 bridgehead atoms. The van der Waals surface area contributed by atoms with Crippen molar-refractivity contribution in [2.45, 2.75) is 37.8 Å². The Balaban J connectivity index is 2.39. The van der Waals surface area contributed by atoms with Crippen LogP contribution in [0.15, 0.2) is 0 Å². The molecule has 0 aliphatic heterocycles. The van der Waals surface area contributed by atoms with Crippen LogP contribution in [0.3, 0.4) is 0 Å². The lowest BCUT2D eigenvalue weighted by molar-refractivity contribution is 0.106. The van der Waals surface area contributed by atoms with E-state index in [-0.39, 0.29) is 6.09 Å². The largest absolute Gasteiger partial charge is 0.453 e. The molecule has 0 aromatic heterocycles. The molecular weight excluding hydrogens is 168 g/mol. The quantitative estimate of drug-likeness (QED) is 0.663. The monoisotopic (exact) mass is 186 g/mol. The number of ether oxygens (including phenoxy) is 1. The number of rotatable bonds is 1. The first kappa shape index (κ1) is 10.3. The number of carbonyl (C=O) groups is 1. The van der Waals surface area contributed by atoms with Gasteiger partial charge >= 0.3 is 6.09 Å². The molecule has 0 aromatic rings. The van der Waals surface area contributed by atoms with Gasteiger partial charge in [0.1, 0.15) is 0 Å². The average Bonchev–Trinajstić information content (AvgIpc) is 2.17. The molecule has 0 spiro atoms. The summed E-state index contributed by atoms with van der Waals surface area (Å²) < 4.78 is 4.65. The van der Waals surface area contributed by atoms with Crippen molar-refractivity contribution in [2.75, 3.05) is 14.2 Å². The Hall–Kier alpha value is -0.770. The third-order valence-electron chi connectivity index (χ3n) is 2.75. The molecule has 76 valence electrons. The van der Waals surface area contributed by atoms with Gasteiger partial charge in [0.2, 0.25) is 0 Å². The lowest BCUT2D eigenvalue weighted by Crippen LogP contribution is -2.41. The van der Waals surface area contributed by atoms with Crippen molar-refractivity contribution >= 4 is 6.09 Å². The number of nitrogens with two attached hydrogens (primary N) is 1. The number of nitrogens with zero attached hydrogens (tertiary/aromatic N) is 1.